The maximum atomic E-state index is 12.4. The highest BCUT2D eigenvalue weighted by Gasteiger charge is 2.29. The molecule has 1 atom stereocenters. The molecule has 1 saturated heterocycles. The first-order valence-corrected chi connectivity index (χ1v) is 8.70. The molecular formula is C11H18N4O2S2. The minimum atomic E-state index is -3.46. The van der Waals surface area contributed by atoms with Crippen LogP contribution in [0.25, 0.3) is 0 Å². The molecule has 0 amide bonds. The second kappa shape index (κ2) is 6.06. The topological polar surface area (TPSA) is 75.2 Å². The second-order valence-electron chi connectivity index (χ2n) is 4.32. The number of anilines is 1. The van der Waals surface area contributed by atoms with Gasteiger partial charge in [-0.15, -0.1) is 0 Å². The Morgan fingerprint density at radius 3 is 2.74 bits per heavy atom. The van der Waals surface area contributed by atoms with Crippen molar-refractivity contribution in [3.8, 4) is 0 Å². The fraction of sp³-hybridized carbons (Fsp3) is 0.636. The minimum Gasteiger partial charge on any atom is -0.355 e. The Morgan fingerprint density at radius 1 is 1.47 bits per heavy atom. The average molecular weight is 302 g/mol. The van der Waals surface area contributed by atoms with Gasteiger partial charge >= 0.3 is 0 Å². The lowest BCUT2D eigenvalue weighted by molar-refractivity contribution is 0.424. The van der Waals surface area contributed by atoms with E-state index in [9.17, 15) is 8.42 Å². The van der Waals surface area contributed by atoms with E-state index in [1.807, 2.05) is 13.8 Å². The summed E-state index contributed by atoms with van der Waals surface area (Å²) in [4.78, 5) is 8.19. The largest absolute Gasteiger partial charge is 0.355 e. The predicted molar refractivity (Wildman–Crippen MR) is 76.9 cm³/mol. The van der Waals surface area contributed by atoms with Crippen molar-refractivity contribution >= 4 is 27.7 Å². The lowest BCUT2D eigenvalue weighted by atomic mass is 10.4. The van der Waals surface area contributed by atoms with E-state index >= 15 is 0 Å². The summed E-state index contributed by atoms with van der Waals surface area (Å²) in [6, 6.07) is 0. The number of sulfonamides is 1. The quantitative estimate of drug-likeness (QED) is 0.895. The lowest BCUT2D eigenvalue weighted by Crippen LogP contribution is -2.41. The molecule has 1 aromatic rings. The molecule has 0 aliphatic carbocycles. The number of rotatable bonds is 4. The maximum Gasteiger partial charge on any atom is 0.246 e. The van der Waals surface area contributed by atoms with Gasteiger partial charge in [0, 0.05) is 30.6 Å². The Balaban J connectivity index is 2.18. The van der Waals surface area contributed by atoms with E-state index in [1.165, 1.54) is 16.7 Å². The van der Waals surface area contributed by atoms with E-state index in [1.54, 1.807) is 11.8 Å². The van der Waals surface area contributed by atoms with Gasteiger partial charge < -0.3 is 5.32 Å². The van der Waals surface area contributed by atoms with Gasteiger partial charge in [0.1, 0.15) is 4.90 Å². The zero-order valence-corrected chi connectivity index (χ0v) is 12.7. The number of thioether (sulfide) groups is 1. The highest BCUT2D eigenvalue weighted by Crippen LogP contribution is 2.23. The van der Waals surface area contributed by atoms with Gasteiger partial charge in [-0.2, -0.15) is 16.1 Å². The van der Waals surface area contributed by atoms with Crippen molar-refractivity contribution in [1.29, 1.82) is 0 Å². The second-order valence-corrected chi connectivity index (χ2v) is 7.80. The number of aromatic nitrogens is 2. The summed E-state index contributed by atoms with van der Waals surface area (Å²) in [5, 5.41) is 3.26. The molecule has 0 saturated carbocycles. The van der Waals surface area contributed by atoms with Crippen LogP contribution in [-0.4, -0.2) is 53.3 Å². The van der Waals surface area contributed by atoms with Crippen molar-refractivity contribution in [2.75, 3.05) is 30.7 Å². The molecule has 2 rings (SSSR count). The van der Waals surface area contributed by atoms with Crippen LogP contribution in [0.4, 0.5) is 5.95 Å². The molecule has 1 aliphatic rings. The van der Waals surface area contributed by atoms with Gasteiger partial charge in [-0.3, -0.25) is 0 Å². The number of nitrogens with zero attached hydrogens (tertiary/aromatic N) is 3. The highest BCUT2D eigenvalue weighted by atomic mass is 32.2. The average Bonchev–Trinajstić information content (AvgIpc) is 2.40. The SMILES string of the molecule is CCNc1ncc(S(=O)(=O)N2CCSC(C)C2)cn1. The molecule has 0 aromatic carbocycles. The Morgan fingerprint density at radius 2 is 2.16 bits per heavy atom. The third-order valence-electron chi connectivity index (χ3n) is 2.80. The normalized spacial score (nSPS) is 21.3. The summed E-state index contributed by atoms with van der Waals surface area (Å²) in [6.45, 7) is 5.76. The molecule has 19 heavy (non-hydrogen) atoms. The van der Waals surface area contributed by atoms with Gasteiger partial charge in [-0.05, 0) is 6.92 Å². The van der Waals surface area contributed by atoms with Gasteiger partial charge in [-0.1, -0.05) is 6.92 Å². The molecule has 0 spiro atoms. The molecule has 1 aromatic heterocycles. The number of nitrogens with one attached hydrogen (secondary N) is 1. The van der Waals surface area contributed by atoms with Gasteiger partial charge in [0.05, 0.1) is 12.4 Å². The Bertz CT molecular complexity index is 518. The summed E-state index contributed by atoms with van der Waals surface area (Å²) >= 11 is 1.79. The van der Waals surface area contributed by atoms with Gasteiger partial charge in [0.2, 0.25) is 16.0 Å². The van der Waals surface area contributed by atoms with E-state index in [-0.39, 0.29) is 4.90 Å². The van der Waals surface area contributed by atoms with Crippen LogP contribution < -0.4 is 5.32 Å². The Labute approximate surface area is 118 Å². The summed E-state index contributed by atoms with van der Waals surface area (Å²) in [5.41, 5.74) is 0. The van der Waals surface area contributed by atoms with Crippen molar-refractivity contribution in [3.05, 3.63) is 12.4 Å². The lowest BCUT2D eigenvalue weighted by Gasteiger charge is -2.29. The number of hydrogen-bond acceptors (Lipinski definition) is 6. The van der Waals surface area contributed by atoms with Crippen LogP contribution in [0, 0.1) is 0 Å². The Hall–Kier alpha value is -0.860. The molecule has 1 aliphatic heterocycles. The standard InChI is InChI=1S/C11H18N4O2S2/c1-3-12-11-13-6-10(7-14-11)19(16,17)15-4-5-18-9(2)8-15/h6-7,9H,3-5,8H2,1-2H3,(H,12,13,14). The van der Waals surface area contributed by atoms with Crippen molar-refractivity contribution in [2.24, 2.45) is 0 Å². The minimum absolute atomic E-state index is 0.160. The smallest absolute Gasteiger partial charge is 0.246 e. The first-order chi connectivity index (χ1) is 9.04. The maximum absolute atomic E-state index is 12.4. The third kappa shape index (κ3) is 3.37. The van der Waals surface area contributed by atoms with Crippen LogP contribution in [0.3, 0.4) is 0 Å². The zero-order chi connectivity index (χ0) is 13.9. The molecule has 0 radical (unpaired) electrons. The fourth-order valence-electron chi connectivity index (χ4n) is 1.85. The van der Waals surface area contributed by atoms with Gasteiger partial charge in [-0.25, -0.2) is 18.4 Å². The molecule has 1 unspecified atom stereocenters. The fourth-order valence-corrected chi connectivity index (χ4v) is 4.50. The van der Waals surface area contributed by atoms with E-state index < -0.39 is 10.0 Å². The number of hydrogen-bond donors (Lipinski definition) is 1. The van der Waals surface area contributed by atoms with Crippen LogP contribution in [0.1, 0.15) is 13.8 Å². The molecule has 6 nitrogen and oxygen atoms in total. The molecule has 106 valence electrons. The van der Waals surface area contributed by atoms with Crippen molar-refractivity contribution < 1.29 is 8.42 Å². The van der Waals surface area contributed by atoms with Crippen LogP contribution in [-0.2, 0) is 10.0 Å². The van der Waals surface area contributed by atoms with Gasteiger partial charge in [0.15, 0.2) is 0 Å². The van der Waals surface area contributed by atoms with Crippen molar-refractivity contribution in [1.82, 2.24) is 14.3 Å². The summed E-state index contributed by atoms with van der Waals surface area (Å²) in [7, 11) is -3.46. The Kier molecular flexibility index (Phi) is 4.64. The molecular weight excluding hydrogens is 284 g/mol. The van der Waals surface area contributed by atoms with E-state index in [2.05, 4.69) is 15.3 Å². The van der Waals surface area contributed by atoms with Crippen LogP contribution in [0.15, 0.2) is 17.3 Å². The predicted octanol–water partition coefficient (Wildman–Crippen LogP) is 1.03. The molecule has 0 bridgehead atoms. The van der Waals surface area contributed by atoms with Crippen LogP contribution in [0.5, 0.6) is 0 Å². The van der Waals surface area contributed by atoms with Crippen LogP contribution in [0.2, 0.25) is 0 Å². The monoisotopic (exact) mass is 302 g/mol. The zero-order valence-electron chi connectivity index (χ0n) is 11.0. The molecule has 2 heterocycles. The van der Waals surface area contributed by atoms with E-state index in [0.717, 1.165) is 5.75 Å². The molecule has 8 heteroatoms. The van der Waals surface area contributed by atoms with E-state index in [4.69, 9.17) is 0 Å². The first-order valence-electron chi connectivity index (χ1n) is 6.21. The molecule has 1 fully saturated rings. The van der Waals surface area contributed by atoms with Crippen LogP contribution >= 0.6 is 11.8 Å². The third-order valence-corrected chi connectivity index (χ3v) is 5.76. The summed E-state index contributed by atoms with van der Waals surface area (Å²) in [5.74, 6) is 1.28. The van der Waals surface area contributed by atoms with E-state index in [0.29, 0.717) is 30.8 Å². The molecule has 1 N–H and O–H groups in total. The summed E-state index contributed by atoms with van der Waals surface area (Å²) in [6.07, 6.45) is 2.74. The highest BCUT2D eigenvalue weighted by molar-refractivity contribution is 8.00. The van der Waals surface area contributed by atoms with Crippen molar-refractivity contribution in [2.45, 2.75) is 24.0 Å². The summed E-state index contributed by atoms with van der Waals surface area (Å²) < 4.78 is 26.4. The van der Waals surface area contributed by atoms with Crippen molar-refractivity contribution in [3.63, 3.8) is 0 Å². The van der Waals surface area contributed by atoms with Gasteiger partial charge in [0.25, 0.3) is 0 Å². The first kappa shape index (κ1) is 14.5.